The quantitative estimate of drug-likeness (QED) is 0.778. The second-order valence-corrected chi connectivity index (χ2v) is 6.69. The van der Waals surface area contributed by atoms with Gasteiger partial charge < -0.3 is 15.4 Å². The number of hydrogen-bond donors (Lipinski definition) is 2. The number of nitrogens with two attached hydrogens (primary N) is 1. The van der Waals surface area contributed by atoms with Crippen molar-refractivity contribution in [1.29, 1.82) is 0 Å². The fourth-order valence-corrected chi connectivity index (χ4v) is 3.50. The number of carbonyl (C=O) groups is 3. The maximum Gasteiger partial charge on any atom is 0.255 e. The van der Waals surface area contributed by atoms with Gasteiger partial charge in [0.15, 0.2) is 0 Å². The molecule has 0 aromatic heterocycles. The molecule has 3 N–H and O–H groups in total. The van der Waals surface area contributed by atoms with Crippen LogP contribution in [0.2, 0.25) is 0 Å². The number of rotatable bonds is 3. The fourth-order valence-electron chi connectivity index (χ4n) is 3.50. The van der Waals surface area contributed by atoms with Gasteiger partial charge in [-0.25, -0.2) is 0 Å². The minimum atomic E-state index is -0.586. The number of benzene rings is 1. The molecule has 7 heteroatoms. The number of piperidine rings is 1. The van der Waals surface area contributed by atoms with E-state index in [0.717, 1.165) is 18.4 Å². The van der Waals surface area contributed by atoms with Crippen LogP contribution in [0, 0.1) is 0 Å². The molecule has 1 aliphatic carbocycles. The van der Waals surface area contributed by atoms with Gasteiger partial charge in [0, 0.05) is 24.6 Å². The zero-order chi connectivity index (χ0) is 16.8. The van der Waals surface area contributed by atoms with Crippen molar-refractivity contribution < 1.29 is 19.1 Å². The summed E-state index contributed by atoms with van der Waals surface area (Å²) in [6.45, 7) is 0.384. The van der Waals surface area contributed by atoms with E-state index < -0.39 is 11.9 Å². The van der Waals surface area contributed by atoms with E-state index in [1.807, 2.05) is 12.1 Å². The van der Waals surface area contributed by atoms with Crippen LogP contribution in [0.25, 0.3) is 0 Å². The van der Waals surface area contributed by atoms with Crippen molar-refractivity contribution in [3.63, 3.8) is 0 Å². The fraction of sp³-hybridized carbons (Fsp3) is 0.471. The number of amides is 3. The first kappa shape index (κ1) is 15.1. The van der Waals surface area contributed by atoms with Crippen molar-refractivity contribution in [2.75, 3.05) is 0 Å². The summed E-state index contributed by atoms with van der Waals surface area (Å²) in [6.07, 6.45) is 2.39. The third-order valence-corrected chi connectivity index (χ3v) is 4.93. The number of ether oxygens (including phenoxy) is 1. The van der Waals surface area contributed by atoms with Crippen molar-refractivity contribution in [1.82, 2.24) is 10.2 Å². The highest BCUT2D eigenvalue weighted by Gasteiger charge is 2.39. The van der Waals surface area contributed by atoms with Gasteiger partial charge >= 0.3 is 0 Å². The summed E-state index contributed by atoms with van der Waals surface area (Å²) in [4.78, 5) is 37.5. The van der Waals surface area contributed by atoms with Gasteiger partial charge in [-0.3, -0.25) is 19.7 Å². The Labute approximate surface area is 139 Å². The Kier molecular flexibility index (Phi) is 3.53. The standard InChI is InChI=1S/C17H19N3O4/c18-10-5-12(6-10)24-11-2-1-9-8-20(17(23)13(9)7-11)14-3-4-15(21)19-16(14)22/h1-2,7,10,12,14H,3-6,8,18H2,(H,19,21,22)/t10-,12-,14?. The minimum absolute atomic E-state index is 0.112. The van der Waals surface area contributed by atoms with Crippen LogP contribution < -0.4 is 15.8 Å². The van der Waals surface area contributed by atoms with Gasteiger partial charge in [0.1, 0.15) is 17.9 Å². The third kappa shape index (κ3) is 2.54. The topological polar surface area (TPSA) is 102 Å². The molecule has 4 rings (SSSR count). The van der Waals surface area contributed by atoms with Crippen molar-refractivity contribution in [2.24, 2.45) is 5.73 Å². The molecule has 2 fully saturated rings. The first-order chi connectivity index (χ1) is 11.5. The number of fused-ring (bicyclic) bond motifs is 1. The zero-order valence-corrected chi connectivity index (χ0v) is 13.2. The Balaban J connectivity index is 1.50. The molecule has 1 atom stereocenters. The molecule has 3 aliphatic rings. The van der Waals surface area contributed by atoms with Gasteiger partial charge in [0.25, 0.3) is 5.91 Å². The summed E-state index contributed by atoms with van der Waals surface area (Å²) in [6, 6.07) is 5.08. The minimum Gasteiger partial charge on any atom is -0.490 e. The highest BCUT2D eigenvalue weighted by Crippen LogP contribution is 2.32. The molecule has 2 aliphatic heterocycles. The van der Waals surface area contributed by atoms with Gasteiger partial charge in [-0.2, -0.15) is 0 Å². The lowest BCUT2D eigenvalue weighted by Gasteiger charge is -2.32. The van der Waals surface area contributed by atoms with E-state index in [-0.39, 0.29) is 30.4 Å². The number of carbonyl (C=O) groups excluding carboxylic acids is 3. The Morgan fingerprint density at radius 1 is 1.21 bits per heavy atom. The van der Waals surface area contributed by atoms with E-state index in [1.165, 1.54) is 4.90 Å². The SMILES string of the molecule is N[C@H]1C[C@H](Oc2ccc3c(c2)C(=O)N(C2CCC(=O)NC2=O)C3)C1. The molecular formula is C17H19N3O4. The Morgan fingerprint density at radius 3 is 2.71 bits per heavy atom. The molecule has 1 unspecified atom stereocenters. The van der Waals surface area contributed by atoms with Crippen LogP contribution in [0.4, 0.5) is 0 Å². The summed E-state index contributed by atoms with van der Waals surface area (Å²) in [5, 5.41) is 2.30. The summed E-state index contributed by atoms with van der Waals surface area (Å²) in [5.41, 5.74) is 7.20. The van der Waals surface area contributed by atoms with E-state index >= 15 is 0 Å². The zero-order valence-electron chi connectivity index (χ0n) is 13.2. The Hall–Kier alpha value is -2.41. The molecule has 0 spiro atoms. The third-order valence-electron chi connectivity index (χ3n) is 4.93. The van der Waals surface area contributed by atoms with Crippen LogP contribution in [0.3, 0.4) is 0 Å². The summed E-state index contributed by atoms with van der Waals surface area (Å²) < 4.78 is 5.84. The van der Waals surface area contributed by atoms with Crippen molar-refractivity contribution >= 4 is 17.7 Å². The maximum absolute atomic E-state index is 12.7. The molecule has 1 aromatic carbocycles. The normalized spacial score (nSPS) is 29.1. The molecule has 3 amide bonds. The highest BCUT2D eigenvalue weighted by atomic mass is 16.5. The number of nitrogens with one attached hydrogen (secondary N) is 1. The smallest absolute Gasteiger partial charge is 0.255 e. The predicted molar refractivity (Wildman–Crippen MR) is 84.1 cm³/mol. The van der Waals surface area contributed by atoms with E-state index in [4.69, 9.17) is 10.5 Å². The largest absolute Gasteiger partial charge is 0.490 e. The van der Waals surface area contributed by atoms with Crippen LogP contribution >= 0.6 is 0 Å². The molecule has 0 bridgehead atoms. The molecular weight excluding hydrogens is 310 g/mol. The van der Waals surface area contributed by atoms with Crippen LogP contribution in [0.15, 0.2) is 18.2 Å². The number of hydrogen-bond acceptors (Lipinski definition) is 5. The van der Waals surface area contributed by atoms with Crippen LogP contribution in [0.1, 0.15) is 41.6 Å². The summed E-state index contributed by atoms with van der Waals surface area (Å²) in [5.74, 6) is -0.207. The lowest BCUT2D eigenvalue weighted by Crippen LogP contribution is -2.52. The molecule has 1 saturated carbocycles. The van der Waals surface area contributed by atoms with Gasteiger partial charge in [-0.05, 0) is 37.0 Å². The monoisotopic (exact) mass is 329 g/mol. The molecule has 7 nitrogen and oxygen atoms in total. The van der Waals surface area contributed by atoms with Crippen LogP contribution in [0.5, 0.6) is 5.75 Å². The molecule has 2 heterocycles. The van der Waals surface area contributed by atoms with Gasteiger partial charge in [0.05, 0.1) is 0 Å². The van der Waals surface area contributed by atoms with E-state index in [9.17, 15) is 14.4 Å². The van der Waals surface area contributed by atoms with Crippen LogP contribution in [-0.4, -0.2) is 40.8 Å². The van der Waals surface area contributed by atoms with Crippen molar-refractivity contribution in [3.05, 3.63) is 29.3 Å². The summed E-state index contributed by atoms with van der Waals surface area (Å²) in [7, 11) is 0. The number of nitrogens with zero attached hydrogens (tertiary/aromatic N) is 1. The first-order valence-corrected chi connectivity index (χ1v) is 8.21. The predicted octanol–water partition coefficient (Wildman–Crippen LogP) is 0.316. The maximum atomic E-state index is 12.7. The molecule has 1 saturated heterocycles. The molecule has 0 radical (unpaired) electrons. The van der Waals surface area contributed by atoms with Crippen LogP contribution in [-0.2, 0) is 16.1 Å². The van der Waals surface area contributed by atoms with Crippen molar-refractivity contribution in [2.45, 2.75) is 50.4 Å². The van der Waals surface area contributed by atoms with Gasteiger partial charge in [-0.15, -0.1) is 0 Å². The lowest BCUT2D eigenvalue weighted by molar-refractivity contribution is -0.136. The van der Waals surface area contributed by atoms with E-state index in [0.29, 0.717) is 24.3 Å². The highest BCUT2D eigenvalue weighted by molar-refractivity contribution is 6.05. The Bertz CT molecular complexity index is 727. The second kappa shape index (κ2) is 5.59. The number of imide groups is 1. The average Bonchev–Trinajstić information content (AvgIpc) is 2.83. The van der Waals surface area contributed by atoms with Gasteiger partial charge in [0.2, 0.25) is 11.8 Å². The second-order valence-electron chi connectivity index (χ2n) is 6.69. The van der Waals surface area contributed by atoms with E-state index in [1.54, 1.807) is 6.07 Å². The molecule has 24 heavy (non-hydrogen) atoms. The van der Waals surface area contributed by atoms with Gasteiger partial charge in [-0.1, -0.05) is 6.07 Å². The average molecular weight is 329 g/mol. The first-order valence-electron chi connectivity index (χ1n) is 8.21. The van der Waals surface area contributed by atoms with E-state index in [2.05, 4.69) is 5.32 Å². The lowest BCUT2D eigenvalue weighted by atomic mass is 9.90. The molecule has 126 valence electrons. The Morgan fingerprint density at radius 2 is 2.00 bits per heavy atom. The molecule has 1 aromatic rings. The summed E-state index contributed by atoms with van der Waals surface area (Å²) >= 11 is 0. The van der Waals surface area contributed by atoms with Crippen molar-refractivity contribution in [3.8, 4) is 5.75 Å².